The first-order valence-electron chi connectivity index (χ1n) is 12.8. The second kappa shape index (κ2) is 16.5. The fraction of sp³-hybridized carbons (Fsp3) is 0.536. The van der Waals surface area contributed by atoms with Gasteiger partial charge in [-0.1, -0.05) is 43.3 Å². The normalized spacial score (nSPS) is 15.8. The molecular formula is C28H43N3O4S. The van der Waals surface area contributed by atoms with Crippen molar-refractivity contribution >= 4 is 16.9 Å². The lowest BCUT2D eigenvalue weighted by atomic mass is 10.0. The highest BCUT2D eigenvalue weighted by Crippen LogP contribution is 2.24. The smallest absolute Gasteiger partial charge is 0.254 e. The molecule has 1 aliphatic rings. The molecule has 3 rings (SSSR count). The predicted molar refractivity (Wildman–Crippen MR) is 147 cm³/mol. The lowest BCUT2D eigenvalue weighted by Crippen LogP contribution is -2.41. The predicted octanol–water partition coefficient (Wildman–Crippen LogP) is 3.93. The molecule has 1 fully saturated rings. The lowest BCUT2D eigenvalue weighted by Gasteiger charge is -2.29. The van der Waals surface area contributed by atoms with Crippen LogP contribution in [-0.2, 0) is 27.9 Å². The van der Waals surface area contributed by atoms with E-state index in [0.29, 0.717) is 30.4 Å². The van der Waals surface area contributed by atoms with E-state index in [9.17, 15) is 9.00 Å². The summed E-state index contributed by atoms with van der Waals surface area (Å²) in [5.41, 5.74) is 2.86. The topological polar surface area (TPSA) is 93.9 Å². The zero-order valence-electron chi connectivity index (χ0n) is 22.2. The minimum atomic E-state index is -1.22. The summed E-state index contributed by atoms with van der Waals surface area (Å²) in [6.07, 6.45) is 2.86. The quantitative estimate of drug-likeness (QED) is 0.416. The molecular weight excluding hydrogens is 474 g/mol. The van der Waals surface area contributed by atoms with Gasteiger partial charge in [0, 0.05) is 38.3 Å². The number of rotatable bonds is 12. The van der Waals surface area contributed by atoms with Crippen LogP contribution in [0.25, 0.3) is 0 Å². The molecule has 1 aliphatic heterocycles. The number of aryl methyl sites for hydroxylation is 1. The Morgan fingerprint density at radius 1 is 1.19 bits per heavy atom. The molecule has 0 radical (unpaired) electrons. The lowest BCUT2D eigenvalue weighted by molar-refractivity contribution is 0.0676. The van der Waals surface area contributed by atoms with E-state index in [4.69, 9.17) is 14.6 Å². The fourth-order valence-corrected chi connectivity index (χ4v) is 4.60. The third-order valence-corrected chi connectivity index (χ3v) is 6.72. The Hall–Kier alpha value is -2.26. The Labute approximate surface area is 219 Å². The third-order valence-electron chi connectivity index (χ3n) is 6.10. The van der Waals surface area contributed by atoms with Gasteiger partial charge >= 0.3 is 0 Å². The van der Waals surface area contributed by atoms with Crippen molar-refractivity contribution in [2.45, 2.75) is 51.8 Å². The highest BCUT2D eigenvalue weighted by Gasteiger charge is 2.25. The summed E-state index contributed by atoms with van der Waals surface area (Å²) < 4.78 is 21.5. The van der Waals surface area contributed by atoms with Crippen LogP contribution in [0.15, 0.2) is 48.5 Å². The number of hydrogen-bond donors (Lipinski definition) is 2. The number of nitrogens with two attached hydrogens (primary N) is 1. The highest BCUT2D eigenvalue weighted by atomic mass is 32.2. The molecule has 0 aliphatic carbocycles. The molecule has 2 aromatic rings. The van der Waals surface area contributed by atoms with Gasteiger partial charge in [0.15, 0.2) is 0 Å². The summed E-state index contributed by atoms with van der Waals surface area (Å²) in [7, 11) is 0.475. The summed E-state index contributed by atoms with van der Waals surface area (Å²) in [6, 6.07) is 15.6. The summed E-state index contributed by atoms with van der Waals surface area (Å²) in [5.74, 6) is 1.90. The van der Waals surface area contributed by atoms with Gasteiger partial charge in [0.25, 0.3) is 5.91 Å². The molecule has 36 heavy (non-hydrogen) atoms. The van der Waals surface area contributed by atoms with E-state index >= 15 is 0 Å². The van der Waals surface area contributed by atoms with E-state index in [1.807, 2.05) is 53.4 Å². The monoisotopic (exact) mass is 517 g/mol. The third kappa shape index (κ3) is 10.4. The van der Waals surface area contributed by atoms with Crippen LogP contribution in [0.3, 0.4) is 0 Å². The minimum Gasteiger partial charge on any atom is -0.493 e. The molecule has 1 amide bonds. The molecule has 7 nitrogen and oxygen atoms in total. The van der Waals surface area contributed by atoms with Crippen LogP contribution in [0, 0.1) is 5.92 Å². The largest absolute Gasteiger partial charge is 0.493 e. The van der Waals surface area contributed by atoms with Gasteiger partial charge < -0.3 is 19.7 Å². The van der Waals surface area contributed by atoms with Gasteiger partial charge in [0.2, 0.25) is 0 Å². The highest BCUT2D eigenvalue weighted by molar-refractivity contribution is 7.81. The van der Waals surface area contributed by atoms with Crippen LogP contribution in [0.5, 0.6) is 5.75 Å². The number of carbonyl (C=O) groups is 1. The Bertz CT molecular complexity index is 934. The molecule has 2 unspecified atom stereocenters. The van der Waals surface area contributed by atoms with Crippen molar-refractivity contribution in [3.63, 3.8) is 0 Å². The number of methoxy groups -OCH3 is 1. The van der Waals surface area contributed by atoms with Crippen LogP contribution in [0.4, 0.5) is 0 Å². The molecule has 200 valence electrons. The molecule has 2 atom stereocenters. The number of carbonyl (C=O) groups excluding carboxylic acids is 1. The standard InChI is InChI=1S/C21H34N2O3.C7H9NOS/c1-5-18-7-8-19(13-20(18)26-12-6-11-25-4)21(24)23(16(2)3)15-17-9-10-22-14-17;8-10(9)6-7-4-2-1-3-5-7/h7-8,13,16-17,22H,5-6,9-12,14-15H2,1-4H3;1-5H,6,8H2. The van der Waals surface area contributed by atoms with Gasteiger partial charge in [-0.25, -0.2) is 4.21 Å². The molecule has 0 spiro atoms. The van der Waals surface area contributed by atoms with E-state index in [-0.39, 0.29) is 11.9 Å². The molecule has 1 heterocycles. The zero-order valence-corrected chi connectivity index (χ0v) is 23.0. The van der Waals surface area contributed by atoms with Gasteiger partial charge in [-0.2, -0.15) is 0 Å². The maximum absolute atomic E-state index is 13.1. The van der Waals surface area contributed by atoms with Crippen LogP contribution in [-0.4, -0.2) is 61.0 Å². The van der Waals surface area contributed by atoms with Gasteiger partial charge in [-0.05, 0) is 69.0 Å². The Kier molecular flexibility index (Phi) is 13.7. The van der Waals surface area contributed by atoms with E-state index < -0.39 is 11.0 Å². The summed E-state index contributed by atoms with van der Waals surface area (Å²) in [6.45, 7) is 10.4. The average Bonchev–Trinajstić information content (AvgIpc) is 3.38. The number of hydrogen-bond acceptors (Lipinski definition) is 5. The molecule has 3 N–H and O–H groups in total. The minimum absolute atomic E-state index is 0.0938. The van der Waals surface area contributed by atoms with Crippen molar-refractivity contribution in [2.75, 3.05) is 40.0 Å². The summed E-state index contributed by atoms with van der Waals surface area (Å²) >= 11 is 0. The zero-order chi connectivity index (χ0) is 26.3. The summed E-state index contributed by atoms with van der Waals surface area (Å²) in [4.78, 5) is 15.1. The van der Waals surface area contributed by atoms with Crippen LogP contribution < -0.4 is 15.2 Å². The molecule has 8 heteroatoms. The SMILES string of the molecule is CCc1ccc(C(=O)N(CC2CCNC2)C(C)C)cc1OCCCOC.NS(=O)Cc1ccccc1. The molecule has 0 bridgehead atoms. The van der Waals surface area contributed by atoms with Crippen molar-refractivity contribution in [1.29, 1.82) is 0 Å². The maximum atomic E-state index is 13.1. The summed E-state index contributed by atoms with van der Waals surface area (Å²) in [5, 5.41) is 8.48. The fourth-order valence-electron chi connectivity index (χ4n) is 4.08. The Balaban J connectivity index is 0.000000380. The van der Waals surface area contributed by atoms with Crippen molar-refractivity contribution in [2.24, 2.45) is 11.1 Å². The molecule has 0 aromatic heterocycles. The van der Waals surface area contributed by atoms with Crippen molar-refractivity contribution in [3.8, 4) is 5.75 Å². The number of amides is 1. The van der Waals surface area contributed by atoms with Crippen molar-refractivity contribution in [3.05, 3.63) is 65.2 Å². The van der Waals surface area contributed by atoms with E-state index in [0.717, 1.165) is 55.8 Å². The second-order valence-corrected chi connectivity index (χ2v) is 10.3. The second-order valence-electron chi connectivity index (χ2n) is 9.29. The van der Waals surface area contributed by atoms with Crippen molar-refractivity contribution < 1.29 is 18.5 Å². The number of benzene rings is 2. The van der Waals surface area contributed by atoms with Gasteiger partial charge in [-0.15, -0.1) is 0 Å². The van der Waals surface area contributed by atoms with Crippen LogP contribution in [0.2, 0.25) is 0 Å². The number of nitrogens with one attached hydrogen (secondary N) is 1. The maximum Gasteiger partial charge on any atom is 0.254 e. The van der Waals surface area contributed by atoms with E-state index in [1.54, 1.807) is 7.11 Å². The number of ether oxygens (including phenoxy) is 2. The van der Waals surface area contributed by atoms with Gasteiger partial charge in [0.1, 0.15) is 5.75 Å². The molecule has 0 saturated carbocycles. The first-order chi connectivity index (χ1) is 17.3. The average molecular weight is 518 g/mol. The van der Waals surface area contributed by atoms with E-state index in [2.05, 4.69) is 26.1 Å². The number of nitrogens with zero attached hydrogens (tertiary/aromatic N) is 1. The van der Waals surface area contributed by atoms with E-state index in [1.165, 1.54) is 0 Å². The first kappa shape index (κ1) is 30.0. The van der Waals surface area contributed by atoms with Gasteiger partial charge in [0.05, 0.1) is 23.3 Å². The Morgan fingerprint density at radius 3 is 2.53 bits per heavy atom. The molecule has 2 aromatic carbocycles. The first-order valence-corrected chi connectivity index (χ1v) is 14.2. The van der Waals surface area contributed by atoms with Crippen molar-refractivity contribution in [1.82, 2.24) is 10.2 Å². The Morgan fingerprint density at radius 2 is 1.94 bits per heavy atom. The van der Waals surface area contributed by atoms with Crippen LogP contribution in [0.1, 0.15) is 55.1 Å². The van der Waals surface area contributed by atoms with Crippen LogP contribution >= 0.6 is 0 Å². The molecule has 1 saturated heterocycles. The van der Waals surface area contributed by atoms with Gasteiger partial charge in [-0.3, -0.25) is 9.93 Å².